The van der Waals surface area contributed by atoms with E-state index < -0.39 is 0 Å². The largest absolute Gasteiger partial charge is 0.258 e. The highest BCUT2D eigenvalue weighted by molar-refractivity contribution is 7.98. The number of pyridine rings is 2. The fourth-order valence-electron chi connectivity index (χ4n) is 2.67. The summed E-state index contributed by atoms with van der Waals surface area (Å²) in [4.78, 5) is 13.8. The lowest BCUT2D eigenvalue weighted by Crippen LogP contribution is -2.07. The normalized spacial score (nSPS) is 17.4. The summed E-state index contributed by atoms with van der Waals surface area (Å²) in [5.41, 5.74) is 5.33. The predicted octanol–water partition coefficient (Wildman–Crippen LogP) is 4.54. The minimum atomic E-state index is 0.521. The molecule has 1 aliphatic heterocycles. The molecule has 0 fully saturated rings. The van der Waals surface area contributed by atoms with Crippen LogP contribution in [-0.2, 0) is 6.42 Å². The van der Waals surface area contributed by atoms with Gasteiger partial charge in [-0.25, -0.2) is 4.98 Å². The summed E-state index contributed by atoms with van der Waals surface area (Å²) in [5, 5.41) is 1.02. The van der Waals surface area contributed by atoms with Gasteiger partial charge in [0.1, 0.15) is 0 Å². The molecule has 3 heterocycles. The molecule has 3 nitrogen and oxygen atoms in total. The topological polar surface area (TPSA) is 38.1 Å². The number of rotatable bonds is 3. The van der Waals surface area contributed by atoms with Crippen LogP contribution in [0.2, 0.25) is 0 Å². The predicted molar refractivity (Wildman–Crippen MR) is 94.0 cm³/mol. The van der Waals surface area contributed by atoms with E-state index in [2.05, 4.69) is 35.6 Å². The highest BCUT2D eigenvalue weighted by Gasteiger charge is 2.18. The van der Waals surface area contributed by atoms with Crippen LogP contribution in [0.25, 0.3) is 6.08 Å². The molecule has 0 saturated heterocycles. The molecule has 22 heavy (non-hydrogen) atoms. The van der Waals surface area contributed by atoms with Gasteiger partial charge < -0.3 is 0 Å². The quantitative estimate of drug-likeness (QED) is 0.781. The molecule has 4 heteroatoms. The summed E-state index contributed by atoms with van der Waals surface area (Å²) in [6.07, 6.45) is 9.50. The molecular weight excluding hydrogens is 290 g/mol. The first-order chi connectivity index (χ1) is 10.7. The SMILES string of the molecule is C=Cc1cnc2c(c1)N=C(c1ccnc(SC)c1)CC(C)C2. The van der Waals surface area contributed by atoms with Gasteiger partial charge in [-0.3, -0.25) is 9.98 Å². The van der Waals surface area contributed by atoms with E-state index in [0.29, 0.717) is 5.92 Å². The Morgan fingerprint density at radius 1 is 1.27 bits per heavy atom. The number of aromatic nitrogens is 2. The number of nitrogens with zero attached hydrogens (tertiary/aromatic N) is 3. The molecule has 0 radical (unpaired) electrons. The number of aliphatic imine (C=N–C) groups is 1. The van der Waals surface area contributed by atoms with Crippen LogP contribution in [0, 0.1) is 5.92 Å². The number of fused-ring (bicyclic) bond motifs is 1. The Kier molecular flexibility index (Phi) is 4.39. The summed E-state index contributed by atoms with van der Waals surface area (Å²) in [5.74, 6) is 0.521. The third kappa shape index (κ3) is 3.12. The fraction of sp³-hybridized carbons (Fsp3) is 0.278. The first kappa shape index (κ1) is 15.0. The number of hydrogen-bond acceptors (Lipinski definition) is 4. The molecule has 0 aliphatic carbocycles. The Bertz CT molecular complexity index is 737. The lowest BCUT2D eigenvalue weighted by Gasteiger charge is -2.10. The summed E-state index contributed by atoms with van der Waals surface area (Å²) >= 11 is 1.65. The Balaban J connectivity index is 2.09. The van der Waals surface area contributed by atoms with Crippen molar-refractivity contribution in [1.29, 1.82) is 0 Å². The molecule has 0 saturated carbocycles. The molecule has 1 unspecified atom stereocenters. The maximum atomic E-state index is 4.91. The van der Waals surface area contributed by atoms with Crippen molar-refractivity contribution >= 4 is 29.2 Å². The van der Waals surface area contributed by atoms with Crippen LogP contribution in [0.15, 0.2) is 47.2 Å². The van der Waals surface area contributed by atoms with E-state index in [1.807, 2.05) is 30.8 Å². The van der Waals surface area contributed by atoms with Crippen molar-refractivity contribution in [2.45, 2.75) is 24.8 Å². The van der Waals surface area contributed by atoms with E-state index in [-0.39, 0.29) is 0 Å². The van der Waals surface area contributed by atoms with E-state index in [4.69, 9.17) is 4.99 Å². The second-order valence-electron chi connectivity index (χ2n) is 5.60. The number of hydrogen-bond donors (Lipinski definition) is 0. The zero-order valence-electron chi connectivity index (χ0n) is 12.9. The van der Waals surface area contributed by atoms with Gasteiger partial charge in [-0.2, -0.15) is 0 Å². The Labute approximate surface area is 135 Å². The third-order valence-electron chi connectivity index (χ3n) is 3.82. The first-order valence-corrected chi connectivity index (χ1v) is 8.61. The zero-order chi connectivity index (χ0) is 15.5. The molecule has 0 amide bonds. The second-order valence-corrected chi connectivity index (χ2v) is 6.42. The van der Waals surface area contributed by atoms with Gasteiger partial charge >= 0.3 is 0 Å². The van der Waals surface area contributed by atoms with Crippen molar-refractivity contribution < 1.29 is 0 Å². The van der Waals surface area contributed by atoms with Crippen molar-refractivity contribution in [3.05, 3.63) is 54.0 Å². The van der Waals surface area contributed by atoms with Crippen LogP contribution in [0.3, 0.4) is 0 Å². The lowest BCUT2D eigenvalue weighted by atomic mass is 9.96. The third-order valence-corrected chi connectivity index (χ3v) is 4.46. The Hall–Kier alpha value is -1.94. The molecule has 1 atom stereocenters. The van der Waals surface area contributed by atoms with Gasteiger partial charge in [0, 0.05) is 23.7 Å². The fourth-order valence-corrected chi connectivity index (χ4v) is 3.08. The summed E-state index contributed by atoms with van der Waals surface area (Å²) in [6.45, 7) is 6.07. The molecule has 112 valence electrons. The zero-order valence-corrected chi connectivity index (χ0v) is 13.7. The van der Waals surface area contributed by atoms with Gasteiger partial charge in [0.15, 0.2) is 0 Å². The van der Waals surface area contributed by atoms with Crippen LogP contribution in [-0.4, -0.2) is 21.9 Å². The molecule has 2 aromatic heterocycles. The molecule has 0 spiro atoms. The van der Waals surface area contributed by atoms with E-state index in [9.17, 15) is 0 Å². The van der Waals surface area contributed by atoms with Gasteiger partial charge in [-0.1, -0.05) is 19.6 Å². The van der Waals surface area contributed by atoms with Gasteiger partial charge in [-0.05, 0) is 48.8 Å². The van der Waals surface area contributed by atoms with Crippen molar-refractivity contribution in [1.82, 2.24) is 9.97 Å². The average Bonchev–Trinajstić information content (AvgIpc) is 2.72. The molecule has 3 rings (SSSR count). The van der Waals surface area contributed by atoms with Crippen molar-refractivity contribution in [2.24, 2.45) is 10.9 Å². The van der Waals surface area contributed by atoms with Crippen molar-refractivity contribution in [3.8, 4) is 0 Å². The van der Waals surface area contributed by atoms with E-state index >= 15 is 0 Å². The summed E-state index contributed by atoms with van der Waals surface area (Å²) in [7, 11) is 0. The standard InChI is InChI=1S/C18H19N3S/c1-4-13-9-17-16(20-11-13)8-12(2)7-15(21-17)14-5-6-19-18(10-14)22-3/h4-6,9-12H,1,7-8H2,2-3H3. The second kappa shape index (κ2) is 6.44. The molecule has 2 aromatic rings. The number of thioether (sulfide) groups is 1. The van der Waals surface area contributed by atoms with E-state index in [1.165, 1.54) is 0 Å². The molecule has 1 aliphatic rings. The van der Waals surface area contributed by atoms with Gasteiger partial charge in [0.05, 0.1) is 16.4 Å². The molecule has 0 aromatic carbocycles. The van der Waals surface area contributed by atoms with Gasteiger partial charge in [-0.15, -0.1) is 11.8 Å². The molecule has 0 bridgehead atoms. The van der Waals surface area contributed by atoms with Crippen LogP contribution >= 0.6 is 11.8 Å². The van der Waals surface area contributed by atoms with Crippen LogP contribution in [0.4, 0.5) is 5.69 Å². The van der Waals surface area contributed by atoms with Crippen LogP contribution < -0.4 is 0 Å². The molecule has 0 N–H and O–H groups in total. The monoisotopic (exact) mass is 309 g/mol. The Morgan fingerprint density at radius 3 is 2.91 bits per heavy atom. The first-order valence-electron chi connectivity index (χ1n) is 7.39. The van der Waals surface area contributed by atoms with Gasteiger partial charge in [0.2, 0.25) is 0 Å². The maximum absolute atomic E-state index is 4.91. The minimum Gasteiger partial charge on any atom is -0.258 e. The van der Waals surface area contributed by atoms with Crippen LogP contribution in [0.1, 0.15) is 30.2 Å². The maximum Gasteiger partial charge on any atom is 0.0963 e. The van der Waals surface area contributed by atoms with Crippen LogP contribution in [0.5, 0.6) is 0 Å². The van der Waals surface area contributed by atoms with Gasteiger partial charge in [0.25, 0.3) is 0 Å². The van der Waals surface area contributed by atoms with E-state index in [0.717, 1.165) is 46.1 Å². The smallest absolute Gasteiger partial charge is 0.0963 e. The highest BCUT2D eigenvalue weighted by Crippen LogP contribution is 2.29. The lowest BCUT2D eigenvalue weighted by molar-refractivity contribution is 0.602. The summed E-state index contributed by atoms with van der Waals surface area (Å²) < 4.78 is 0. The minimum absolute atomic E-state index is 0.521. The highest BCUT2D eigenvalue weighted by atomic mass is 32.2. The molecular formula is C18H19N3S. The Morgan fingerprint density at radius 2 is 2.14 bits per heavy atom. The van der Waals surface area contributed by atoms with Crippen molar-refractivity contribution in [2.75, 3.05) is 6.26 Å². The summed E-state index contributed by atoms with van der Waals surface area (Å²) in [6, 6.07) is 6.23. The average molecular weight is 309 g/mol. The van der Waals surface area contributed by atoms with E-state index in [1.54, 1.807) is 11.8 Å². The van der Waals surface area contributed by atoms with Crippen molar-refractivity contribution in [3.63, 3.8) is 0 Å².